The van der Waals surface area contributed by atoms with Crippen molar-refractivity contribution in [2.75, 3.05) is 4.90 Å². The number of anilines is 1. The number of rotatable bonds is 3. The lowest BCUT2D eigenvalue weighted by Crippen LogP contribution is -2.08. The molecule has 2 unspecified atom stereocenters. The summed E-state index contributed by atoms with van der Waals surface area (Å²) >= 11 is 0. The van der Waals surface area contributed by atoms with Gasteiger partial charge < -0.3 is 4.90 Å². The van der Waals surface area contributed by atoms with Crippen LogP contribution in [0.1, 0.15) is 76.3 Å². The van der Waals surface area contributed by atoms with Crippen molar-refractivity contribution in [2.45, 2.75) is 77.3 Å². The third kappa shape index (κ3) is 2.17. The van der Waals surface area contributed by atoms with E-state index in [0.717, 1.165) is 12.1 Å². The number of hydrogen-bond acceptors (Lipinski definition) is 1. The van der Waals surface area contributed by atoms with Gasteiger partial charge in [-0.2, -0.15) is 0 Å². The molecule has 3 rings (SSSR count). The van der Waals surface area contributed by atoms with E-state index < -0.39 is 0 Å². The molecule has 1 saturated carbocycles. The van der Waals surface area contributed by atoms with Gasteiger partial charge in [0.1, 0.15) is 0 Å². The average molecular weight is 257 g/mol. The fraction of sp³-hybridized carbons (Fsp3) is 0.667. The molecule has 0 radical (unpaired) electrons. The van der Waals surface area contributed by atoms with E-state index in [1.165, 1.54) is 25.7 Å². The van der Waals surface area contributed by atoms with Crippen LogP contribution in [0.2, 0.25) is 0 Å². The fourth-order valence-corrected chi connectivity index (χ4v) is 3.85. The van der Waals surface area contributed by atoms with E-state index in [1.54, 1.807) is 16.8 Å². The maximum atomic E-state index is 2.75. The molecule has 1 saturated heterocycles. The lowest BCUT2D eigenvalue weighted by atomic mass is 9.92. The minimum absolute atomic E-state index is 0.622. The lowest BCUT2D eigenvalue weighted by molar-refractivity contribution is 0.571. The number of para-hydroxylation sites is 1. The van der Waals surface area contributed by atoms with Gasteiger partial charge in [-0.1, -0.05) is 58.7 Å². The molecule has 1 heteroatoms. The second kappa shape index (κ2) is 4.85. The van der Waals surface area contributed by atoms with Gasteiger partial charge in [-0.05, 0) is 35.8 Å². The highest BCUT2D eigenvalue weighted by Crippen LogP contribution is 2.49. The van der Waals surface area contributed by atoms with Gasteiger partial charge in [-0.15, -0.1) is 0 Å². The molecule has 1 nitrogen and oxygen atoms in total. The summed E-state index contributed by atoms with van der Waals surface area (Å²) in [4.78, 5) is 2.75. The van der Waals surface area contributed by atoms with Crippen LogP contribution in [-0.4, -0.2) is 12.1 Å². The quantitative estimate of drug-likeness (QED) is 0.684. The zero-order chi connectivity index (χ0) is 13.6. The summed E-state index contributed by atoms with van der Waals surface area (Å²) in [6.45, 7) is 9.32. The van der Waals surface area contributed by atoms with Crippen LogP contribution in [0.25, 0.3) is 0 Å². The Morgan fingerprint density at radius 2 is 1.37 bits per heavy atom. The van der Waals surface area contributed by atoms with Crippen LogP contribution < -0.4 is 4.90 Å². The summed E-state index contributed by atoms with van der Waals surface area (Å²) in [7, 11) is 0. The second-order valence-electron chi connectivity index (χ2n) is 6.92. The molecular weight excluding hydrogens is 230 g/mol. The minimum Gasteiger partial charge on any atom is -0.361 e. The van der Waals surface area contributed by atoms with Gasteiger partial charge in [0.05, 0.1) is 0 Å². The first kappa shape index (κ1) is 13.0. The average Bonchev–Trinajstić information content (AvgIpc) is 3.11. The van der Waals surface area contributed by atoms with Crippen molar-refractivity contribution in [2.24, 2.45) is 0 Å². The van der Waals surface area contributed by atoms with Crippen LogP contribution >= 0.6 is 0 Å². The van der Waals surface area contributed by atoms with E-state index in [4.69, 9.17) is 0 Å². The van der Waals surface area contributed by atoms with Crippen molar-refractivity contribution in [3.05, 3.63) is 29.3 Å². The maximum Gasteiger partial charge on any atom is 0.0497 e. The molecule has 0 N–H and O–H groups in total. The van der Waals surface area contributed by atoms with Gasteiger partial charge in [-0.3, -0.25) is 0 Å². The molecule has 2 fully saturated rings. The van der Waals surface area contributed by atoms with Gasteiger partial charge in [0.15, 0.2) is 0 Å². The zero-order valence-electron chi connectivity index (χ0n) is 12.8. The summed E-state index contributed by atoms with van der Waals surface area (Å²) in [5, 5.41) is 0. The summed E-state index contributed by atoms with van der Waals surface area (Å²) in [6.07, 6.45) is 5.68. The molecule has 1 aromatic carbocycles. The maximum absolute atomic E-state index is 2.75. The van der Waals surface area contributed by atoms with Crippen LogP contribution in [0.15, 0.2) is 18.2 Å². The molecule has 0 aromatic heterocycles. The summed E-state index contributed by atoms with van der Waals surface area (Å²) in [5.74, 6) is 1.24. The van der Waals surface area contributed by atoms with Crippen molar-refractivity contribution in [3.8, 4) is 0 Å². The number of hydrogen-bond donors (Lipinski definition) is 0. The van der Waals surface area contributed by atoms with Gasteiger partial charge in [0, 0.05) is 17.8 Å². The third-order valence-electron chi connectivity index (χ3n) is 4.92. The van der Waals surface area contributed by atoms with Crippen LogP contribution in [0, 0.1) is 0 Å². The van der Waals surface area contributed by atoms with Crippen LogP contribution in [0.5, 0.6) is 0 Å². The third-order valence-corrected chi connectivity index (χ3v) is 4.92. The van der Waals surface area contributed by atoms with Crippen LogP contribution in [0.4, 0.5) is 5.69 Å². The molecule has 0 amide bonds. The van der Waals surface area contributed by atoms with E-state index in [0.29, 0.717) is 11.8 Å². The molecular formula is C18H27N. The molecule has 2 atom stereocenters. The Hall–Kier alpha value is -0.980. The van der Waals surface area contributed by atoms with Gasteiger partial charge in [-0.25, -0.2) is 0 Å². The van der Waals surface area contributed by atoms with Crippen LogP contribution in [-0.2, 0) is 0 Å². The van der Waals surface area contributed by atoms with Gasteiger partial charge in [0.2, 0.25) is 0 Å². The monoisotopic (exact) mass is 257 g/mol. The summed E-state index contributed by atoms with van der Waals surface area (Å²) in [5.41, 5.74) is 4.70. The van der Waals surface area contributed by atoms with Gasteiger partial charge >= 0.3 is 0 Å². The lowest BCUT2D eigenvalue weighted by Gasteiger charge is -2.21. The first-order chi connectivity index (χ1) is 9.11. The Morgan fingerprint density at radius 1 is 0.895 bits per heavy atom. The molecule has 2 aliphatic rings. The molecule has 0 bridgehead atoms. The van der Waals surface area contributed by atoms with Crippen molar-refractivity contribution in [1.82, 2.24) is 0 Å². The highest BCUT2D eigenvalue weighted by molar-refractivity contribution is 5.68. The largest absolute Gasteiger partial charge is 0.361 e. The molecule has 1 aliphatic carbocycles. The zero-order valence-corrected chi connectivity index (χ0v) is 12.8. The topological polar surface area (TPSA) is 3.01 Å². The summed E-state index contributed by atoms with van der Waals surface area (Å²) in [6, 6.07) is 8.64. The Morgan fingerprint density at radius 3 is 1.79 bits per heavy atom. The number of nitrogens with zero attached hydrogens (tertiary/aromatic N) is 1. The first-order valence-corrected chi connectivity index (χ1v) is 8.02. The van der Waals surface area contributed by atoms with E-state index in [1.807, 2.05) is 0 Å². The fourth-order valence-electron chi connectivity index (χ4n) is 3.85. The van der Waals surface area contributed by atoms with Gasteiger partial charge in [0.25, 0.3) is 0 Å². The van der Waals surface area contributed by atoms with E-state index >= 15 is 0 Å². The minimum atomic E-state index is 0.622. The van der Waals surface area contributed by atoms with Crippen molar-refractivity contribution >= 4 is 5.69 Å². The molecule has 1 aliphatic heterocycles. The standard InChI is InChI=1S/C18H27N/c1-12(2)14-8-7-9-15(13(3)4)18(14)19-16-10-5-6-11-17(16)19/h7-9,12-13,16-17H,5-6,10-11H2,1-4H3. The van der Waals surface area contributed by atoms with E-state index in [9.17, 15) is 0 Å². The predicted octanol–water partition coefficient (Wildman–Crippen LogP) is 5.06. The smallest absolute Gasteiger partial charge is 0.0497 e. The number of fused-ring (bicyclic) bond motifs is 1. The highest BCUT2D eigenvalue weighted by Gasteiger charge is 2.49. The Bertz CT molecular complexity index is 423. The highest BCUT2D eigenvalue weighted by atomic mass is 15.4. The van der Waals surface area contributed by atoms with E-state index in [-0.39, 0.29) is 0 Å². The van der Waals surface area contributed by atoms with Crippen molar-refractivity contribution in [1.29, 1.82) is 0 Å². The molecule has 104 valence electrons. The SMILES string of the molecule is CC(C)c1cccc(C(C)C)c1N1C2CCCCC21. The van der Waals surface area contributed by atoms with Crippen molar-refractivity contribution in [3.63, 3.8) is 0 Å². The number of benzene rings is 1. The molecule has 1 heterocycles. The van der Waals surface area contributed by atoms with Crippen LogP contribution in [0.3, 0.4) is 0 Å². The van der Waals surface area contributed by atoms with E-state index in [2.05, 4.69) is 50.8 Å². The Balaban J connectivity index is 2.03. The second-order valence-corrected chi connectivity index (χ2v) is 6.92. The molecule has 1 aromatic rings. The normalized spacial score (nSPS) is 25.9. The predicted molar refractivity (Wildman–Crippen MR) is 83.1 cm³/mol. The Labute approximate surface area is 118 Å². The van der Waals surface area contributed by atoms with Crippen molar-refractivity contribution < 1.29 is 0 Å². The molecule has 0 spiro atoms. The molecule has 19 heavy (non-hydrogen) atoms. The first-order valence-electron chi connectivity index (χ1n) is 8.02. The summed E-state index contributed by atoms with van der Waals surface area (Å²) < 4.78 is 0. The Kier molecular flexibility index (Phi) is 3.32.